The molecule has 1 aromatic rings. The van der Waals surface area contributed by atoms with Crippen LogP contribution in [0.3, 0.4) is 0 Å². The van der Waals surface area contributed by atoms with Crippen molar-refractivity contribution in [2.24, 2.45) is 5.92 Å². The van der Waals surface area contributed by atoms with Crippen molar-refractivity contribution in [3.63, 3.8) is 0 Å². The van der Waals surface area contributed by atoms with Gasteiger partial charge in [-0.2, -0.15) is 4.98 Å². The number of carboxylic acid groups (broad SMARTS) is 1. The lowest BCUT2D eigenvalue weighted by molar-refractivity contribution is 0.0690. The second-order valence-electron chi connectivity index (χ2n) is 4.44. The SMILES string of the molecule is CC1CCC(Nc2nc(C(=O)O)co2)CC1. The highest BCUT2D eigenvalue weighted by Crippen LogP contribution is 2.25. The summed E-state index contributed by atoms with van der Waals surface area (Å²) in [4.78, 5) is 14.4. The fourth-order valence-corrected chi connectivity index (χ4v) is 2.02. The zero-order chi connectivity index (χ0) is 11.5. The first-order valence-electron chi connectivity index (χ1n) is 5.60. The lowest BCUT2D eigenvalue weighted by Gasteiger charge is -2.26. The molecule has 0 aromatic carbocycles. The van der Waals surface area contributed by atoms with Crippen molar-refractivity contribution in [1.82, 2.24) is 4.98 Å². The highest BCUT2D eigenvalue weighted by Gasteiger charge is 2.20. The van der Waals surface area contributed by atoms with E-state index >= 15 is 0 Å². The number of rotatable bonds is 3. The number of oxazole rings is 1. The number of carbonyl (C=O) groups is 1. The Morgan fingerprint density at radius 3 is 2.75 bits per heavy atom. The fraction of sp³-hybridized carbons (Fsp3) is 0.636. The average Bonchev–Trinajstić information content (AvgIpc) is 2.70. The summed E-state index contributed by atoms with van der Waals surface area (Å²) in [6, 6.07) is 0.674. The van der Waals surface area contributed by atoms with E-state index in [0.717, 1.165) is 25.0 Å². The molecule has 88 valence electrons. The number of carboxylic acids is 1. The first kappa shape index (κ1) is 11.0. The van der Waals surface area contributed by atoms with Crippen LogP contribution in [-0.2, 0) is 0 Å². The average molecular weight is 224 g/mol. The third-order valence-corrected chi connectivity index (χ3v) is 3.07. The van der Waals surface area contributed by atoms with Crippen molar-refractivity contribution in [2.75, 3.05) is 5.32 Å². The van der Waals surface area contributed by atoms with Crippen molar-refractivity contribution in [3.8, 4) is 0 Å². The van der Waals surface area contributed by atoms with Gasteiger partial charge in [0.25, 0.3) is 6.01 Å². The smallest absolute Gasteiger partial charge is 0.357 e. The quantitative estimate of drug-likeness (QED) is 0.824. The first-order valence-corrected chi connectivity index (χ1v) is 5.60. The molecule has 0 bridgehead atoms. The summed E-state index contributed by atoms with van der Waals surface area (Å²) in [5.41, 5.74) is -0.0494. The number of anilines is 1. The molecule has 1 aliphatic rings. The van der Waals surface area contributed by atoms with E-state index in [1.165, 1.54) is 12.8 Å². The van der Waals surface area contributed by atoms with E-state index in [1.807, 2.05) is 0 Å². The maximum Gasteiger partial charge on any atom is 0.357 e. The molecule has 1 heterocycles. The third-order valence-electron chi connectivity index (χ3n) is 3.07. The Morgan fingerprint density at radius 2 is 2.19 bits per heavy atom. The molecule has 16 heavy (non-hydrogen) atoms. The Balaban J connectivity index is 1.91. The van der Waals surface area contributed by atoms with Gasteiger partial charge < -0.3 is 14.8 Å². The number of hydrogen-bond donors (Lipinski definition) is 2. The van der Waals surface area contributed by atoms with E-state index in [9.17, 15) is 4.79 Å². The Bertz CT molecular complexity index is 367. The number of nitrogens with one attached hydrogen (secondary N) is 1. The molecule has 2 N–H and O–H groups in total. The molecule has 0 aliphatic heterocycles. The van der Waals surface area contributed by atoms with Gasteiger partial charge in [-0.15, -0.1) is 0 Å². The Labute approximate surface area is 93.9 Å². The summed E-state index contributed by atoms with van der Waals surface area (Å²) in [7, 11) is 0. The van der Waals surface area contributed by atoms with Crippen LogP contribution in [0.2, 0.25) is 0 Å². The maximum atomic E-state index is 10.6. The van der Waals surface area contributed by atoms with Crippen LogP contribution in [0, 0.1) is 5.92 Å². The minimum Gasteiger partial charge on any atom is -0.476 e. The fourth-order valence-electron chi connectivity index (χ4n) is 2.02. The lowest BCUT2D eigenvalue weighted by Crippen LogP contribution is -2.25. The van der Waals surface area contributed by atoms with E-state index in [-0.39, 0.29) is 5.69 Å². The molecule has 0 unspecified atom stereocenters. The summed E-state index contributed by atoms with van der Waals surface area (Å²) in [5.74, 6) is -0.272. The zero-order valence-electron chi connectivity index (χ0n) is 9.27. The number of aromatic carboxylic acids is 1. The van der Waals surface area contributed by atoms with Crippen molar-refractivity contribution in [1.29, 1.82) is 0 Å². The van der Waals surface area contributed by atoms with E-state index in [2.05, 4.69) is 17.2 Å². The van der Waals surface area contributed by atoms with Gasteiger partial charge in [-0.3, -0.25) is 0 Å². The predicted molar refractivity (Wildman–Crippen MR) is 58.5 cm³/mol. The molecule has 0 spiro atoms. The highest BCUT2D eigenvalue weighted by atomic mass is 16.4. The van der Waals surface area contributed by atoms with Crippen LogP contribution in [0.25, 0.3) is 0 Å². The molecule has 0 atom stereocenters. The molecule has 1 aromatic heterocycles. The van der Waals surface area contributed by atoms with Gasteiger partial charge in [0.2, 0.25) is 0 Å². The molecular weight excluding hydrogens is 208 g/mol. The summed E-state index contributed by atoms with van der Waals surface area (Å²) in [5, 5.41) is 11.8. The largest absolute Gasteiger partial charge is 0.476 e. The molecule has 1 aliphatic carbocycles. The monoisotopic (exact) mass is 224 g/mol. The van der Waals surface area contributed by atoms with Crippen LogP contribution in [-0.4, -0.2) is 22.1 Å². The highest BCUT2D eigenvalue weighted by molar-refractivity contribution is 5.85. The summed E-state index contributed by atoms with van der Waals surface area (Å²) in [6.07, 6.45) is 5.74. The van der Waals surface area contributed by atoms with E-state index in [4.69, 9.17) is 9.52 Å². The van der Waals surface area contributed by atoms with E-state index in [0.29, 0.717) is 12.1 Å². The number of aromatic nitrogens is 1. The molecule has 0 saturated heterocycles. The molecule has 1 fully saturated rings. The van der Waals surface area contributed by atoms with Crippen LogP contribution < -0.4 is 5.32 Å². The molecular formula is C11H16N2O3. The predicted octanol–water partition coefficient (Wildman–Crippen LogP) is 2.36. The lowest BCUT2D eigenvalue weighted by atomic mass is 9.87. The Kier molecular flexibility index (Phi) is 3.12. The molecule has 0 amide bonds. The second kappa shape index (κ2) is 4.55. The van der Waals surface area contributed by atoms with E-state index < -0.39 is 5.97 Å². The van der Waals surface area contributed by atoms with Crippen LogP contribution in [0.1, 0.15) is 43.1 Å². The van der Waals surface area contributed by atoms with Crippen LogP contribution in [0.5, 0.6) is 0 Å². The van der Waals surface area contributed by atoms with Gasteiger partial charge >= 0.3 is 5.97 Å². The normalized spacial score (nSPS) is 25.3. The van der Waals surface area contributed by atoms with Crippen molar-refractivity contribution < 1.29 is 14.3 Å². The van der Waals surface area contributed by atoms with Gasteiger partial charge in [-0.1, -0.05) is 6.92 Å². The molecule has 5 nitrogen and oxygen atoms in total. The van der Waals surface area contributed by atoms with Gasteiger partial charge in [0.15, 0.2) is 5.69 Å². The summed E-state index contributed by atoms with van der Waals surface area (Å²) in [6.45, 7) is 2.25. The Morgan fingerprint density at radius 1 is 1.50 bits per heavy atom. The van der Waals surface area contributed by atoms with Crippen molar-refractivity contribution >= 4 is 12.0 Å². The molecule has 2 rings (SSSR count). The minimum atomic E-state index is -1.06. The second-order valence-corrected chi connectivity index (χ2v) is 4.44. The van der Waals surface area contributed by atoms with Gasteiger partial charge in [-0.05, 0) is 31.6 Å². The van der Waals surface area contributed by atoms with Gasteiger partial charge in [0.1, 0.15) is 6.26 Å². The van der Waals surface area contributed by atoms with E-state index in [1.54, 1.807) is 0 Å². The van der Waals surface area contributed by atoms with Gasteiger partial charge in [0.05, 0.1) is 0 Å². The number of nitrogens with zero attached hydrogens (tertiary/aromatic N) is 1. The zero-order valence-corrected chi connectivity index (χ0v) is 9.27. The molecule has 1 saturated carbocycles. The standard InChI is InChI=1S/C11H16N2O3/c1-7-2-4-8(5-3-7)12-11-13-9(6-16-11)10(14)15/h6-8H,2-5H2,1H3,(H,12,13)(H,14,15). The topological polar surface area (TPSA) is 75.4 Å². The summed E-state index contributed by atoms with van der Waals surface area (Å²) < 4.78 is 5.05. The molecule has 5 heteroatoms. The first-order chi connectivity index (χ1) is 7.65. The summed E-state index contributed by atoms with van der Waals surface area (Å²) >= 11 is 0. The van der Waals surface area contributed by atoms with Crippen LogP contribution in [0.4, 0.5) is 6.01 Å². The minimum absolute atomic E-state index is 0.0494. The van der Waals surface area contributed by atoms with Crippen LogP contribution in [0.15, 0.2) is 10.7 Å². The third kappa shape index (κ3) is 2.53. The van der Waals surface area contributed by atoms with Crippen LogP contribution >= 0.6 is 0 Å². The van der Waals surface area contributed by atoms with Gasteiger partial charge in [-0.25, -0.2) is 4.79 Å². The van der Waals surface area contributed by atoms with Crippen molar-refractivity contribution in [2.45, 2.75) is 38.6 Å². The van der Waals surface area contributed by atoms with Crippen molar-refractivity contribution in [3.05, 3.63) is 12.0 Å². The molecule has 0 radical (unpaired) electrons. The maximum absolute atomic E-state index is 10.6. The Hall–Kier alpha value is -1.52. The van der Waals surface area contributed by atoms with Gasteiger partial charge in [0, 0.05) is 6.04 Å². The number of hydrogen-bond acceptors (Lipinski definition) is 4.